The first-order valence-corrected chi connectivity index (χ1v) is 5.74. The third kappa shape index (κ3) is 1.80. The number of hydrogen-bond donors (Lipinski definition) is 0. The summed E-state index contributed by atoms with van der Waals surface area (Å²) in [5.74, 6) is 0.902. The van der Waals surface area contributed by atoms with Crippen molar-refractivity contribution in [3.05, 3.63) is 36.0 Å². The number of aromatic nitrogens is 4. The highest BCUT2D eigenvalue weighted by Crippen LogP contribution is 2.25. The molecule has 0 aliphatic carbocycles. The number of nitriles is 1. The molecule has 0 spiro atoms. The average molecular weight is 240 g/mol. The number of rotatable bonds is 2. The molecule has 2 aromatic rings. The summed E-state index contributed by atoms with van der Waals surface area (Å²) >= 11 is 0. The molecule has 3 rings (SSSR count). The van der Waals surface area contributed by atoms with Gasteiger partial charge in [-0.15, -0.1) is 0 Å². The highest BCUT2D eigenvalue weighted by atomic mass is 15.4. The highest BCUT2D eigenvalue weighted by molar-refractivity contribution is 5.40. The van der Waals surface area contributed by atoms with Crippen molar-refractivity contribution in [3.63, 3.8) is 0 Å². The van der Waals surface area contributed by atoms with E-state index in [0.29, 0.717) is 11.6 Å². The van der Waals surface area contributed by atoms with Gasteiger partial charge in [0.1, 0.15) is 11.9 Å². The summed E-state index contributed by atoms with van der Waals surface area (Å²) in [6.07, 6.45) is 6.89. The molecule has 3 heterocycles. The van der Waals surface area contributed by atoms with Crippen LogP contribution in [0.4, 0.5) is 5.82 Å². The highest BCUT2D eigenvalue weighted by Gasteiger charge is 2.30. The van der Waals surface area contributed by atoms with Crippen LogP contribution in [-0.2, 0) is 0 Å². The van der Waals surface area contributed by atoms with Crippen LogP contribution in [0.25, 0.3) is 0 Å². The van der Waals surface area contributed by atoms with Crippen LogP contribution in [-0.4, -0.2) is 32.8 Å². The number of aryl methyl sites for hydroxylation is 1. The Morgan fingerprint density at radius 1 is 1.33 bits per heavy atom. The summed E-state index contributed by atoms with van der Waals surface area (Å²) < 4.78 is 1.85. The van der Waals surface area contributed by atoms with Crippen molar-refractivity contribution in [3.8, 4) is 6.07 Å². The molecule has 1 aliphatic heterocycles. The van der Waals surface area contributed by atoms with Gasteiger partial charge in [-0.05, 0) is 6.92 Å². The van der Waals surface area contributed by atoms with Crippen molar-refractivity contribution < 1.29 is 0 Å². The van der Waals surface area contributed by atoms with Gasteiger partial charge in [0.05, 0.1) is 29.7 Å². The van der Waals surface area contributed by atoms with Gasteiger partial charge < -0.3 is 4.90 Å². The van der Waals surface area contributed by atoms with Crippen molar-refractivity contribution in [1.29, 1.82) is 5.26 Å². The Kier molecular flexibility index (Phi) is 2.45. The molecule has 0 unspecified atom stereocenters. The standard InChI is InChI=1S/C12H12N6/c1-9-3-14-5-12(16-9)17-7-11(8-17)18-6-10(2-13)4-15-18/h3-6,11H,7-8H2,1H3. The van der Waals surface area contributed by atoms with Gasteiger partial charge in [-0.2, -0.15) is 10.4 Å². The maximum atomic E-state index is 8.75. The molecule has 1 aliphatic rings. The smallest absolute Gasteiger partial charge is 0.147 e. The second-order valence-electron chi connectivity index (χ2n) is 4.40. The zero-order valence-corrected chi connectivity index (χ0v) is 9.98. The first-order chi connectivity index (χ1) is 8.76. The third-order valence-electron chi connectivity index (χ3n) is 3.03. The Hall–Kier alpha value is -2.42. The lowest BCUT2D eigenvalue weighted by molar-refractivity contribution is 0.365. The van der Waals surface area contributed by atoms with E-state index in [9.17, 15) is 0 Å². The zero-order valence-electron chi connectivity index (χ0n) is 9.98. The lowest BCUT2D eigenvalue weighted by atomic mass is 10.1. The molecular weight excluding hydrogens is 228 g/mol. The lowest BCUT2D eigenvalue weighted by Gasteiger charge is -2.39. The van der Waals surface area contributed by atoms with Crippen molar-refractivity contribution in [2.45, 2.75) is 13.0 Å². The van der Waals surface area contributed by atoms with Crippen LogP contribution in [0.1, 0.15) is 17.3 Å². The molecule has 0 radical (unpaired) electrons. The van der Waals surface area contributed by atoms with Gasteiger partial charge in [-0.25, -0.2) is 4.98 Å². The van der Waals surface area contributed by atoms with Gasteiger partial charge in [-0.1, -0.05) is 0 Å². The van der Waals surface area contributed by atoms with Gasteiger partial charge >= 0.3 is 0 Å². The van der Waals surface area contributed by atoms with Crippen LogP contribution in [0.5, 0.6) is 0 Å². The molecule has 2 aromatic heterocycles. The first-order valence-electron chi connectivity index (χ1n) is 5.74. The minimum Gasteiger partial charge on any atom is -0.351 e. The van der Waals surface area contributed by atoms with E-state index >= 15 is 0 Å². The zero-order chi connectivity index (χ0) is 12.5. The van der Waals surface area contributed by atoms with E-state index in [1.54, 1.807) is 24.8 Å². The van der Waals surface area contributed by atoms with Crippen LogP contribution in [0.3, 0.4) is 0 Å². The van der Waals surface area contributed by atoms with Gasteiger partial charge in [0.15, 0.2) is 0 Å². The van der Waals surface area contributed by atoms with E-state index in [1.807, 2.05) is 11.6 Å². The second-order valence-corrected chi connectivity index (χ2v) is 4.40. The quantitative estimate of drug-likeness (QED) is 0.780. The summed E-state index contributed by atoms with van der Waals surface area (Å²) in [7, 11) is 0. The SMILES string of the molecule is Cc1cncc(N2CC(n3cc(C#N)cn3)C2)n1. The lowest BCUT2D eigenvalue weighted by Crippen LogP contribution is -2.48. The van der Waals surface area contributed by atoms with Crippen LogP contribution in [0, 0.1) is 18.3 Å². The van der Waals surface area contributed by atoms with Crippen LogP contribution in [0.15, 0.2) is 24.8 Å². The number of hydrogen-bond acceptors (Lipinski definition) is 5. The summed E-state index contributed by atoms with van der Waals surface area (Å²) in [6, 6.07) is 2.40. The summed E-state index contributed by atoms with van der Waals surface area (Å²) in [5, 5.41) is 12.9. The van der Waals surface area contributed by atoms with E-state index in [1.165, 1.54) is 0 Å². The van der Waals surface area contributed by atoms with Crippen LogP contribution >= 0.6 is 0 Å². The molecule has 0 aromatic carbocycles. The Balaban J connectivity index is 1.68. The van der Waals surface area contributed by atoms with Gasteiger partial charge in [0.25, 0.3) is 0 Å². The van der Waals surface area contributed by atoms with Gasteiger partial charge in [-0.3, -0.25) is 9.67 Å². The Morgan fingerprint density at radius 2 is 2.17 bits per heavy atom. The molecular formula is C12H12N6. The fourth-order valence-corrected chi connectivity index (χ4v) is 2.01. The predicted molar refractivity (Wildman–Crippen MR) is 65.0 cm³/mol. The van der Waals surface area contributed by atoms with Crippen molar-refractivity contribution in [2.75, 3.05) is 18.0 Å². The third-order valence-corrected chi connectivity index (χ3v) is 3.03. The Bertz CT molecular complexity index is 605. The molecule has 6 heteroatoms. The summed E-state index contributed by atoms with van der Waals surface area (Å²) in [4.78, 5) is 10.7. The van der Waals surface area contributed by atoms with Crippen molar-refractivity contribution >= 4 is 5.82 Å². The molecule has 0 N–H and O–H groups in total. The van der Waals surface area contributed by atoms with E-state index in [-0.39, 0.29) is 0 Å². The van der Waals surface area contributed by atoms with Gasteiger partial charge in [0.2, 0.25) is 0 Å². The summed E-state index contributed by atoms with van der Waals surface area (Å²) in [5.41, 5.74) is 1.52. The molecule has 6 nitrogen and oxygen atoms in total. The first kappa shape index (κ1) is 10.7. The fraction of sp³-hybridized carbons (Fsp3) is 0.333. The van der Waals surface area contributed by atoms with Crippen molar-refractivity contribution in [1.82, 2.24) is 19.7 Å². The largest absolute Gasteiger partial charge is 0.351 e. The molecule has 0 atom stereocenters. The Morgan fingerprint density at radius 3 is 2.83 bits per heavy atom. The van der Waals surface area contributed by atoms with Crippen LogP contribution in [0.2, 0.25) is 0 Å². The number of anilines is 1. The molecule has 0 amide bonds. The Labute approximate surface area is 105 Å². The molecule has 90 valence electrons. The predicted octanol–water partition coefficient (Wildman–Crippen LogP) is 0.914. The van der Waals surface area contributed by atoms with E-state index < -0.39 is 0 Å². The fourth-order valence-electron chi connectivity index (χ4n) is 2.01. The minimum atomic E-state index is 0.314. The van der Waals surface area contributed by atoms with Crippen molar-refractivity contribution in [2.24, 2.45) is 0 Å². The monoisotopic (exact) mass is 240 g/mol. The molecule has 1 fully saturated rings. The van der Waals surface area contributed by atoms with E-state index in [0.717, 1.165) is 24.6 Å². The van der Waals surface area contributed by atoms with Crippen LogP contribution < -0.4 is 4.90 Å². The second kappa shape index (κ2) is 4.11. The number of nitrogens with zero attached hydrogens (tertiary/aromatic N) is 6. The maximum absolute atomic E-state index is 8.75. The summed E-state index contributed by atoms with van der Waals surface area (Å²) in [6.45, 7) is 3.63. The average Bonchev–Trinajstić information content (AvgIpc) is 2.76. The topological polar surface area (TPSA) is 70.6 Å². The minimum absolute atomic E-state index is 0.314. The van der Waals surface area contributed by atoms with Gasteiger partial charge in [0, 0.05) is 25.5 Å². The molecule has 0 bridgehead atoms. The molecule has 0 saturated carbocycles. The molecule has 18 heavy (non-hydrogen) atoms. The normalized spacial score (nSPS) is 15.2. The van der Waals surface area contributed by atoms with E-state index in [2.05, 4.69) is 26.0 Å². The molecule has 1 saturated heterocycles. The van der Waals surface area contributed by atoms with E-state index in [4.69, 9.17) is 5.26 Å². The maximum Gasteiger partial charge on any atom is 0.147 e.